The zero-order valence-electron chi connectivity index (χ0n) is 8.94. The molecule has 0 aliphatic carbocycles. The lowest BCUT2D eigenvalue weighted by Gasteiger charge is -2.11. The summed E-state index contributed by atoms with van der Waals surface area (Å²) in [5, 5.41) is 4.71. The standard InChI is InChI=1S/C11H14ClN3/c1-3-8(4-2)10-5-6-15-11(14-10)9(12)7-13-15/h5-8H,3-4H2,1-2H3. The van der Waals surface area contributed by atoms with Gasteiger partial charge in [0.25, 0.3) is 0 Å². The van der Waals surface area contributed by atoms with Crippen LogP contribution >= 0.6 is 11.6 Å². The highest BCUT2D eigenvalue weighted by atomic mass is 35.5. The van der Waals surface area contributed by atoms with E-state index in [0.29, 0.717) is 10.9 Å². The lowest BCUT2D eigenvalue weighted by atomic mass is 9.99. The van der Waals surface area contributed by atoms with Gasteiger partial charge in [0, 0.05) is 17.8 Å². The number of halogens is 1. The number of rotatable bonds is 3. The predicted molar refractivity (Wildman–Crippen MR) is 61.3 cm³/mol. The second-order valence-corrected chi connectivity index (χ2v) is 4.03. The number of fused-ring (bicyclic) bond motifs is 1. The summed E-state index contributed by atoms with van der Waals surface area (Å²) in [6.45, 7) is 4.36. The Labute approximate surface area is 94.1 Å². The normalized spacial score (nSPS) is 11.5. The van der Waals surface area contributed by atoms with Gasteiger partial charge in [-0.3, -0.25) is 0 Å². The van der Waals surface area contributed by atoms with Gasteiger partial charge in [-0.05, 0) is 18.9 Å². The van der Waals surface area contributed by atoms with Crippen LogP contribution in [0.3, 0.4) is 0 Å². The van der Waals surface area contributed by atoms with Gasteiger partial charge in [0.15, 0.2) is 5.65 Å². The van der Waals surface area contributed by atoms with Crippen molar-refractivity contribution >= 4 is 17.2 Å². The molecule has 2 aromatic heterocycles. The molecule has 0 atom stereocenters. The minimum atomic E-state index is 0.515. The third-order valence-electron chi connectivity index (χ3n) is 2.75. The molecule has 0 aliphatic rings. The van der Waals surface area contributed by atoms with Crippen LogP contribution in [0.4, 0.5) is 0 Å². The molecule has 0 aliphatic heterocycles. The molecule has 0 saturated heterocycles. The molecule has 0 unspecified atom stereocenters. The fourth-order valence-corrected chi connectivity index (χ4v) is 1.96. The molecule has 0 fully saturated rings. The maximum atomic E-state index is 5.99. The first-order valence-corrected chi connectivity index (χ1v) is 5.63. The van der Waals surface area contributed by atoms with Crippen LogP contribution in [0.25, 0.3) is 5.65 Å². The Morgan fingerprint density at radius 3 is 2.80 bits per heavy atom. The van der Waals surface area contributed by atoms with Crippen LogP contribution in [-0.2, 0) is 0 Å². The number of nitrogens with zero attached hydrogens (tertiary/aromatic N) is 3. The molecule has 3 nitrogen and oxygen atoms in total. The molecule has 0 bridgehead atoms. The molecule has 2 heterocycles. The lowest BCUT2D eigenvalue weighted by molar-refractivity contribution is 0.622. The summed E-state index contributed by atoms with van der Waals surface area (Å²) in [5.74, 6) is 0.515. The van der Waals surface area contributed by atoms with Crippen molar-refractivity contribution in [3.05, 3.63) is 29.2 Å². The van der Waals surface area contributed by atoms with Gasteiger partial charge in [-0.15, -0.1) is 0 Å². The van der Waals surface area contributed by atoms with Crippen molar-refractivity contribution in [2.45, 2.75) is 32.6 Å². The zero-order chi connectivity index (χ0) is 10.8. The van der Waals surface area contributed by atoms with E-state index in [4.69, 9.17) is 11.6 Å². The molecule has 2 aromatic rings. The Morgan fingerprint density at radius 2 is 2.13 bits per heavy atom. The molecule has 0 spiro atoms. The summed E-state index contributed by atoms with van der Waals surface area (Å²) >= 11 is 5.99. The van der Waals surface area contributed by atoms with E-state index in [1.165, 1.54) is 0 Å². The van der Waals surface area contributed by atoms with Gasteiger partial charge in [0.1, 0.15) is 5.02 Å². The van der Waals surface area contributed by atoms with E-state index in [2.05, 4.69) is 23.9 Å². The Balaban J connectivity index is 2.49. The smallest absolute Gasteiger partial charge is 0.173 e. The van der Waals surface area contributed by atoms with Gasteiger partial charge >= 0.3 is 0 Å². The van der Waals surface area contributed by atoms with Crippen LogP contribution in [0.15, 0.2) is 18.5 Å². The van der Waals surface area contributed by atoms with Crippen LogP contribution in [0.5, 0.6) is 0 Å². The second kappa shape index (κ2) is 4.19. The van der Waals surface area contributed by atoms with Crippen molar-refractivity contribution in [2.75, 3.05) is 0 Å². The Kier molecular flexibility index (Phi) is 2.91. The quantitative estimate of drug-likeness (QED) is 0.800. The van der Waals surface area contributed by atoms with Gasteiger partial charge in [-0.25, -0.2) is 9.50 Å². The van der Waals surface area contributed by atoms with E-state index < -0.39 is 0 Å². The molecule has 80 valence electrons. The first-order valence-electron chi connectivity index (χ1n) is 5.26. The molecular formula is C11H14ClN3. The lowest BCUT2D eigenvalue weighted by Crippen LogP contribution is -2.01. The van der Waals surface area contributed by atoms with Crippen LogP contribution < -0.4 is 0 Å². The summed E-state index contributed by atoms with van der Waals surface area (Å²) in [4.78, 5) is 4.55. The first kappa shape index (κ1) is 10.4. The van der Waals surface area contributed by atoms with Gasteiger partial charge in [0.2, 0.25) is 0 Å². The molecule has 4 heteroatoms. The molecule has 0 aromatic carbocycles. The average molecular weight is 224 g/mol. The Hall–Kier alpha value is -1.09. The first-order chi connectivity index (χ1) is 7.26. The highest BCUT2D eigenvalue weighted by Crippen LogP contribution is 2.23. The molecule has 0 radical (unpaired) electrons. The van der Waals surface area contributed by atoms with E-state index in [0.717, 1.165) is 24.2 Å². The Bertz CT molecular complexity index is 460. The Morgan fingerprint density at radius 1 is 1.40 bits per heavy atom. The largest absolute Gasteiger partial charge is 0.232 e. The third-order valence-corrected chi connectivity index (χ3v) is 3.02. The highest BCUT2D eigenvalue weighted by molar-refractivity contribution is 6.33. The monoisotopic (exact) mass is 223 g/mol. The predicted octanol–water partition coefficient (Wildman–Crippen LogP) is 3.29. The van der Waals surface area contributed by atoms with Crippen LogP contribution in [0, 0.1) is 0 Å². The zero-order valence-corrected chi connectivity index (χ0v) is 9.70. The summed E-state index contributed by atoms with van der Waals surface area (Å²) in [7, 11) is 0. The van der Waals surface area contributed by atoms with Gasteiger partial charge in [0.05, 0.1) is 6.20 Å². The van der Waals surface area contributed by atoms with Crippen molar-refractivity contribution in [2.24, 2.45) is 0 Å². The van der Waals surface area contributed by atoms with Crippen molar-refractivity contribution in [1.82, 2.24) is 14.6 Å². The van der Waals surface area contributed by atoms with E-state index in [1.54, 1.807) is 10.7 Å². The third kappa shape index (κ3) is 1.84. The fourth-order valence-electron chi connectivity index (χ4n) is 1.79. The van der Waals surface area contributed by atoms with E-state index in [-0.39, 0.29) is 0 Å². The van der Waals surface area contributed by atoms with E-state index in [9.17, 15) is 0 Å². The van der Waals surface area contributed by atoms with E-state index in [1.807, 2.05) is 12.3 Å². The summed E-state index contributed by atoms with van der Waals surface area (Å²) in [6, 6.07) is 2.02. The molecule has 15 heavy (non-hydrogen) atoms. The van der Waals surface area contributed by atoms with Gasteiger partial charge < -0.3 is 0 Å². The topological polar surface area (TPSA) is 30.2 Å². The van der Waals surface area contributed by atoms with Crippen LogP contribution in [0.2, 0.25) is 5.02 Å². The van der Waals surface area contributed by atoms with Gasteiger partial charge in [-0.2, -0.15) is 5.10 Å². The van der Waals surface area contributed by atoms with Crippen molar-refractivity contribution < 1.29 is 0 Å². The van der Waals surface area contributed by atoms with Crippen molar-refractivity contribution in [3.63, 3.8) is 0 Å². The van der Waals surface area contributed by atoms with Crippen LogP contribution in [0.1, 0.15) is 38.3 Å². The minimum absolute atomic E-state index is 0.515. The summed E-state index contributed by atoms with van der Waals surface area (Å²) in [5.41, 5.74) is 1.86. The number of hydrogen-bond donors (Lipinski definition) is 0. The minimum Gasteiger partial charge on any atom is -0.232 e. The second-order valence-electron chi connectivity index (χ2n) is 3.63. The maximum absolute atomic E-state index is 5.99. The fraction of sp³-hybridized carbons (Fsp3) is 0.455. The number of aromatic nitrogens is 3. The SMILES string of the molecule is CCC(CC)c1ccn2ncc(Cl)c2n1. The highest BCUT2D eigenvalue weighted by Gasteiger charge is 2.10. The average Bonchev–Trinajstić information content (AvgIpc) is 2.62. The number of hydrogen-bond acceptors (Lipinski definition) is 2. The van der Waals surface area contributed by atoms with Crippen molar-refractivity contribution in [3.8, 4) is 0 Å². The summed E-state index contributed by atoms with van der Waals surface area (Å²) in [6.07, 6.45) is 5.75. The van der Waals surface area contributed by atoms with Gasteiger partial charge in [-0.1, -0.05) is 25.4 Å². The molecule has 2 rings (SSSR count). The van der Waals surface area contributed by atoms with Crippen molar-refractivity contribution in [1.29, 1.82) is 0 Å². The van der Waals surface area contributed by atoms with E-state index >= 15 is 0 Å². The van der Waals surface area contributed by atoms with Crippen LogP contribution in [-0.4, -0.2) is 14.6 Å². The molecule has 0 N–H and O–H groups in total. The molecule has 0 amide bonds. The maximum Gasteiger partial charge on any atom is 0.173 e. The molecular weight excluding hydrogens is 210 g/mol. The molecule has 0 saturated carbocycles. The summed E-state index contributed by atoms with van der Waals surface area (Å²) < 4.78 is 1.70.